The van der Waals surface area contributed by atoms with Gasteiger partial charge < -0.3 is 5.73 Å². The number of hydrogen-bond acceptors (Lipinski definition) is 4. The minimum atomic E-state index is 0.240. The van der Waals surface area contributed by atoms with Crippen molar-refractivity contribution < 1.29 is 0 Å². The van der Waals surface area contributed by atoms with Crippen molar-refractivity contribution in [1.82, 2.24) is 20.2 Å². The highest BCUT2D eigenvalue weighted by molar-refractivity contribution is 5.07. The van der Waals surface area contributed by atoms with Crippen LogP contribution in [0.3, 0.4) is 0 Å². The van der Waals surface area contributed by atoms with Gasteiger partial charge in [-0.05, 0) is 35.8 Å². The third-order valence-corrected chi connectivity index (χ3v) is 3.94. The van der Waals surface area contributed by atoms with Gasteiger partial charge in [0, 0.05) is 12.5 Å². The molecule has 3 rings (SSSR count). The summed E-state index contributed by atoms with van der Waals surface area (Å²) in [4.78, 5) is 1.50. The minimum Gasteiger partial charge on any atom is -0.327 e. The summed E-state index contributed by atoms with van der Waals surface area (Å²) in [6.45, 7) is 0. The van der Waals surface area contributed by atoms with E-state index in [0.717, 1.165) is 30.0 Å². The number of rotatable bonds is 3. The molecule has 2 aliphatic carbocycles. The molecule has 0 spiro atoms. The zero-order valence-corrected chi connectivity index (χ0v) is 9.00. The molecule has 2 saturated carbocycles. The molecule has 5 nitrogen and oxygen atoms in total. The SMILES string of the molecule is Cn1nnc(CC(N)C2C3CCCC32)n1. The quantitative estimate of drug-likeness (QED) is 0.764. The van der Waals surface area contributed by atoms with Crippen LogP contribution in [-0.4, -0.2) is 26.2 Å². The van der Waals surface area contributed by atoms with E-state index in [1.807, 2.05) is 0 Å². The summed E-state index contributed by atoms with van der Waals surface area (Å²) in [6.07, 6.45) is 4.96. The third kappa shape index (κ3) is 1.55. The largest absolute Gasteiger partial charge is 0.327 e. The molecule has 0 radical (unpaired) electrons. The van der Waals surface area contributed by atoms with Gasteiger partial charge in [0.05, 0.1) is 7.05 Å². The second-order valence-electron chi connectivity index (χ2n) is 4.90. The van der Waals surface area contributed by atoms with Gasteiger partial charge >= 0.3 is 0 Å². The second kappa shape index (κ2) is 3.27. The van der Waals surface area contributed by atoms with Gasteiger partial charge in [-0.15, -0.1) is 10.2 Å². The van der Waals surface area contributed by atoms with Gasteiger partial charge in [-0.1, -0.05) is 6.42 Å². The van der Waals surface area contributed by atoms with Crippen LogP contribution in [0, 0.1) is 17.8 Å². The molecule has 0 bridgehead atoms. The Morgan fingerprint density at radius 2 is 2.20 bits per heavy atom. The van der Waals surface area contributed by atoms with Crippen LogP contribution in [0.5, 0.6) is 0 Å². The van der Waals surface area contributed by atoms with Gasteiger partial charge in [0.2, 0.25) is 0 Å². The Hall–Kier alpha value is -0.970. The molecule has 2 N–H and O–H groups in total. The summed E-state index contributed by atoms with van der Waals surface area (Å²) in [7, 11) is 1.79. The van der Waals surface area contributed by atoms with Crippen molar-refractivity contribution in [3.63, 3.8) is 0 Å². The lowest BCUT2D eigenvalue weighted by Gasteiger charge is -2.10. The number of nitrogens with zero attached hydrogens (tertiary/aromatic N) is 4. The Morgan fingerprint density at radius 3 is 2.80 bits per heavy atom. The zero-order valence-electron chi connectivity index (χ0n) is 9.00. The molecule has 3 atom stereocenters. The molecule has 1 aromatic rings. The van der Waals surface area contributed by atoms with Crippen LogP contribution in [0.1, 0.15) is 25.1 Å². The van der Waals surface area contributed by atoms with Crippen molar-refractivity contribution in [1.29, 1.82) is 0 Å². The number of aromatic nitrogens is 4. The fourth-order valence-corrected chi connectivity index (χ4v) is 3.26. The van der Waals surface area contributed by atoms with Crippen LogP contribution in [0.2, 0.25) is 0 Å². The van der Waals surface area contributed by atoms with E-state index < -0.39 is 0 Å². The molecule has 2 fully saturated rings. The molecule has 1 aromatic heterocycles. The topological polar surface area (TPSA) is 69.6 Å². The molecule has 82 valence electrons. The summed E-state index contributed by atoms with van der Waals surface area (Å²) in [6, 6.07) is 0.240. The van der Waals surface area contributed by atoms with Gasteiger partial charge in [-0.3, -0.25) is 0 Å². The molecule has 0 saturated heterocycles. The van der Waals surface area contributed by atoms with Crippen LogP contribution >= 0.6 is 0 Å². The number of tetrazole rings is 1. The molecule has 5 heteroatoms. The number of fused-ring (bicyclic) bond motifs is 1. The molecular weight excluding hydrogens is 190 g/mol. The Kier molecular flexibility index (Phi) is 2.02. The van der Waals surface area contributed by atoms with Gasteiger partial charge in [-0.2, -0.15) is 4.80 Å². The minimum absolute atomic E-state index is 0.240. The van der Waals surface area contributed by atoms with E-state index in [9.17, 15) is 0 Å². The average Bonchev–Trinajstić information content (AvgIpc) is 2.60. The van der Waals surface area contributed by atoms with Gasteiger partial charge in [-0.25, -0.2) is 0 Å². The molecule has 0 aliphatic heterocycles. The summed E-state index contributed by atoms with van der Waals surface area (Å²) in [5, 5.41) is 12.0. The molecule has 1 heterocycles. The van der Waals surface area contributed by atoms with Crippen LogP contribution in [0.15, 0.2) is 0 Å². The van der Waals surface area contributed by atoms with Crippen LogP contribution in [0.25, 0.3) is 0 Å². The van der Waals surface area contributed by atoms with Crippen LogP contribution in [0.4, 0.5) is 0 Å². The van der Waals surface area contributed by atoms with Crippen molar-refractivity contribution in [3.8, 4) is 0 Å². The predicted octanol–water partition coefficient (Wildman–Crippen LogP) is 0.126. The maximum Gasteiger partial charge on any atom is 0.176 e. The Bertz CT molecular complexity index is 350. The molecule has 2 aliphatic rings. The predicted molar refractivity (Wildman–Crippen MR) is 54.8 cm³/mol. The van der Waals surface area contributed by atoms with Crippen molar-refractivity contribution in [2.45, 2.75) is 31.7 Å². The molecule has 15 heavy (non-hydrogen) atoms. The first-order chi connectivity index (χ1) is 7.25. The fraction of sp³-hybridized carbons (Fsp3) is 0.900. The summed E-state index contributed by atoms with van der Waals surface area (Å²) >= 11 is 0. The molecule has 0 amide bonds. The van der Waals surface area contributed by atoms with E-state index in [-0.39, 0.29) is 6.04 Å². The normalized spacial score (nSPS) is 35.2. The van der Waals surface area contributed by atoms with E-state index >= 15 is 0 Å². The van der Waals surface area contributed by atoms with E-state index in [2.05, 4.69) is 15.4 Å². The first kappa shape index (κ1) is 9.27. The highest BCUT2D eigenvalue weighted by Gasteiger charge is 2.54. The summed E-state index contributed by atoms with van der Waals surface area (Å²) < 4.78 is 0. The van der Waals surface area contributed by atoms with E-state index in [0.29, 0.717) is 0 Å². The van der Waals surface area contributed by atoms with Crippen molar-refractivity contribution in [3.05, 3.63) is 5.82 Å². The van der Waals surface area contributed by atoms with Gasteiger partial charge in [0.1, 0.15) is 0 Å². The molecule has 3 unspecified atom stereocenters. The Labute approximate surface area is 89.0 Å². The Balaban J connectivity index is 1.60. The Morgan fingerprint density at radius 1 is 1.47 bits per heavy atom. The van der Waals surface area contributed by atoms with Crippen LogP contribution < -0.4 is 5.73 Å². The number of hydrogen-bond donors (Lipinski definition) is 1. The standard InChI is InChI=1S/C10H17N5/c1-15-13-9(12-14-15)5-8(11)10-6-3-2-4-7(6)10/h6-8,10H,2-5,11H2,1H3. The van der Waals surface area contributed by atoms with Crippen molar-refractivity contribution in [2.24, 2.45) is 30.5 Å². The molecular formula is C10H17N5. The highest BCUT2D eigenvalue weighted by Crippen LogP contribution is 2.58. The third-order valence-electron chi connectivity index (χ3n) is 3.94. The average molecular weight is 207 g/mol. The lowest BCUT2D eigenvalue weighted by molar-refractivity contribution is 0.476. The van der Waals surface area contributed by atoms with Crippen molar-refractivity contribution >= 4 is 0 Å². The first-order valence-electron chi connectivity index (χ1n) is 5.74. The monoisotopic (exact) mass is 207 g/mol. The van der Waals surface area contributed by atoms with Crippen molar-refractivity contribution in [2.75, 3.05) is 0 Å². The second-order valence-corrected chi connectivity index (χ2v) is 4.90. The van der Waals surface area contributed by atoms with E-state index in [1.165, 1.54) is 24.1 Å². The van der Waals surface area contributed by atoms with Crippen LogP contribution in [-0.2, 0) is 13.5 Å². The lowest BCUT2D eigenvalue weighted by Crippen LogP contribution is -2.28. The fourth-order valence-electron chi connectivity index (χ4n) is 3.26. The van der Waals surface area contributed by atoms with Gasteiger partial charge in [0.15, 0.2) is 5.82 Å². The maximum atomic E-state index is 6.19. The van der Waals surface area contributed by atoms with E-state index in [4.69, 9.17) is 5.73 Å². The van der Waals surface area contributed by atoms with Gasteiger partial charge in [0.25, 0.3) is 0 Å². The molecule has 0 aromatic carbocycles. The van der Waals surface area contributed by atoms with E-state index in [1.54, 1.807) is 7.05 Å². The smallest absolute Gasteiger partial charge is 0.176 e. The lowest BCUT2D eigenvalue weighted by atomic mass is 10.0. The number of aryl methyl sites for hydroxylation is 1. The number of nitrogens with two attached hydrogens (primary N) is 1. The highest BCUT2D eigenvalue weighted by atomic mass is 15.6. The maximum absolute atomic E-state index is 6.19. The zero-order chi connectivity index (χ0) is 10.4. The first-order valence-corrected chi connectivity index (χ1v) is 5.74. The summed E-state index contributed by atoms with van der Waals surface area (Å²) in [5.74, 6) is 3.35. The summed E-state index contributed by atoms with van der Waals surface area (Å²) in [5.41, 5.74) is 6.19.